The number of amides is 10. The average Bonchev–Trinajstić information content (AvgIpc) is 1.70. The fraction of sp³-hybridized carbons (Fsp3) is 0.443. The van der Waals surface area contributed by atoms with Crippen molar-refractivity contribution in [2.75, 3.05) is 31.1 Å². The highest BCUT2D eigenvalue weighted by molar-refractivity contribution is 7.80. The molecule has 1 aliphatic heterocycles. The molecule has 7 rings (SSSR count). The number of halogens is 2. The molecule has 0 spiro atoms. The summed E-state index contributed by atoms with van der Waals surface area (Å²) in [6.45, 7) is 1.10. The zero-order valence-corrected chi connectivity index (χ0v) is 52.6. The first-order valence-electron chi connectivity index (χ1n) is 30.1. The number of nitrogens with one attached hydrogen (secondary N) is 11. The Morgan fingerprint density at radius 1 is 0.720 bits per heavy atom. The molecule has 8 atom stereocenters. The summed E-state index contributed by atoms with van der Waals surface area (Å²) in [7, 11) is 0. The minimum absolute atomic E-state index is 0.000163. The van der Waals surface area contributed by atoms with Crippen LogP contribution in [0.25, 0.3) is 17.0 Å². The Morgan fingerprint density at radius 3 is 2.02 bits per heavy atom. The van der Waals surface area contributed by atoms with Gasteiger partial charge in [-0.05, 0) is 111 Å². The van der Waals surface area contributed by atoms with Crippen LogP contribution in [-0.4, -0.2) is 179 Å². The molecule has 10 amide bonds. The van der Waals surface area contributed by atoms with Crippen molar-refractivity contribution in [3.05, 3.63) is 113 Å². The number of phenolic OH excluding ortho intramolecular Hbond substituents is 1. The second kappa shape index (κ2) is 33.3. The lowest BCUT2D eigenvalue weighted by molar-refractivity contribution is -0.147. The van der Waals surface area contributed by atoms with Gasteiger partial charge in [0.05, 0.1) is 19.3 Å². The maximum Gasteiger partial charge on any atom is 0.305 e. The summed E-state index contributed by atoms with van der Waals surface area (Å²) < 4.78 is 29.7. The standard InChI is InChI=1S/C61H77F2N15O13S2/c1-61(60(91)77-49(30-93)53(65)84)15-4-17-78(61)59(90)48(19-32-6-10-38(79)11-7-32)76-57(88)46(24-37-28-66-31-70-37)74-58(89)47(25-52(82)83)75-56(87)45(21-34-27-68-42-13-9-36(63)23-40(34)42)73-55(86)44(20-33-26-67-41-12-8-35(62)22-39(33)41)72-51(81)29-69-54(85)43(5-2-3-16-64)71-50(80)14-18-92/h6-7,9-11,13,22-23,26-28,31,43-49,67-68,79,92-93H,2-5,8,12,14-21,24-25,29-30,64H2,1H3,(H2,65,84)(H,66,70)(H,69,85)(H,71,80)(H,72,81)(H,73,86)(H,74,89)(H,75,87)(H,76,88)(H,77,91)(H,82,83)/t43-,44-,45-,46-,47-,48-,49-,61-/m0/s1. The molecule has 0 saturated carbocycles. The Labute approximate surface area is 543 Å². The lowest BCUT2D eigenvalue weighted by Gasteiger charge is -2.37. The number of benzene rings is 2. The van der Waals surface area contributed by atoms with E-state index in [-0.39, 0.29) is 91.8 Å². The number of aromatic hydroxyl groups is 1. The lowest BCUT2D eigenvalue weighted by atomic mass is 9.95. The third-order valence-corrected chi connectivity index (χ3v) is 16.7. The molecule has 2 aliphatic rings. The summed E-state index contributed by atoms with van der Waals surface area (Å²) >= 11 is 8.20. The van der Waals surface area contributed by atoms with E-state index in [1.165, 1.54) is 79.2 Å². The van der Waals surface area contributed by atoms with E-state index in [9.17, 15) is 71.7 Å². The Hall–Kier alpha value is -9.30. The number of nitrogens with two attached hydrogens (primary N) is 2. The SMILES string of the molecule is C[C@@]1(C(=O)N[C@@H](CS)C(N)=O)CCCN1C(=O)[C@H](Cc1ccc(O)cc1)NC(=O)[C@H](Cc1cnc[nH]1)NC(=O)[C@H](CC(=O)O)NC(=O)[C@H](Cc1c[nH]c2ccc(F)cc12)NC(=O)[C@H](Cc1c[nH]c2c1C=C(F)CC2)NC(=O)CNC(=O)[C@H](CCCCN)NC(=O)CCS. The second-order valence-electron chi connectivity index (χ2n) is 22.9. The number of fused-ring (bicyclic) bond motifs is 2. The Balaban J connectivity index is 1.18. The molecule has 0 bridgehead atoms. The van der Waals surface area contributed by atoms with E-state index >= 15 is 0 Å². The molecular weight excluding hydrogens is 1250 g/mol. The minimum atomic E-state index is -2.04. The first-order chi connectivity index (χ1) is 44.4. The quantitative estimate of drug-likeness (QED) is 0.0188. The summed E-state index contributed by atoms with van der Waals surface area (Å²) in [5, 5.41) is 41.0. The van der Waals surface area contributed by atoms with Gasteiger partial charge in [0.15, 0.2) is 0 Å². The largest absolute Gasteiger partial charge is 0.508 e. The number of thiol groups is 2. The van der Waals surface area contributed by atoms with Crippen molar-refractivity contribution < 1.29 is 71.7 Å². The fourth-order valence-electron chi connectivity index (χ4n) is 11.0. The molecule has 4 heterocycles. The molecule has 1 saturated heterocycles. The molecule has 17 N–H and O–H groups in total. The third kappa shape index (κ3) is 19.6. The molecule has 93 heavy (non-hydrogen) atoms. The molecule has 1 fully saturated rings. The molecule has 0 unspecified atom stereocenters. The predicted molar refractivity (Wildman–Crippen MR) is 341 cm³/mol. The summed E-state index contributed by atoms with van der Waals surface area (Å²) in [4.78, 5) is 167. The third-order valence-electron chi connectivity index (χ3n) is 16.1. The molecule has 1 aliphatic carbocycles. The normalized spacial score (nSPS) is 16.6. The van der Waals surface area contributed by atoms with Crippen LogP contribution in [0.1, 0.15) is 91.9 Å². The number of H-pyrrole nitrogens is 3. The van der Waals surface area contributed by atoms with Crippen LogP contribution in [0.3, 0.4) is 0 Å². The van der Waals surface area contributed by atoms with Crippen LogP contribution in [-0.2, 0) is 84.8 Å². The molecule has 500 valence electrons. The minimum Gasteiger partial charge on any atom is -0.508 e. The van der Waals surface area contributed by atoms with Gasteiger partial charge in [-0.3, -0.25) is 52.7 Å². The van der Waals surface area contributed by atoms with Crippen LogP contribution in [0.15, 0.2) is 73.2 Å². The lowest BCUT2D eigenvalue weighted by Crippen LogP contribution is -2.63. The first kappa shape index (κ1) is 71.1. The molecule has 0 radical (unpaired) electrons. The zero-order valence-electron chi connectivity index (χ0n) is 50.8. The number of aromatic amines is 3. The number of primary amides is 1. The summed E-state index contributed by atoms with van der Waals surface area (Å²) in [5.74, 6) is -11.8. The van der Waals surface area contributed by atoms with Gasteiger partial charge in [-0.1, -0.05) is 12.1 Å². The number of carboxylic acid groups (broad SMARTS) is 1. The molecular formula is C61H77F2N15O13S2. The van der Waals surface area contributed by atoms with Gasteiger partial charge in [0.25, 0.3) is 0 Å². The second-order valence-corrected chi connectivity index (χ2v) is 23.7. The Kier molecular flexibility index (Phi) is 25.5. The number of allylic oxidation sites excluding steroid dienone is 1. The molecule has 3 aromatic heterocycles. The van der Waals surface area contributed by atoms with Gasteiger partial charge in [-0.2, -0.15) is 25.3 Å². The van der Waals surface area contributed by atoms with Crippen molar-refractivity contribution in [2.24, 2.45) is 11.5 Å². The summed E-state index contributed by atoms with van der Waals surface area (Å²) in [6.07, 6.45) is 6.22. The number of nitrogens with zero attached hydrogens (tertiary/aromatic N) is 2. The Bertz CT molecular complexity index is 3570. The molecule has 32 heteroatoms. The van der Waals surface area contributed by atoms with E-state index in [4.69, 9.17) is 11.5 Å². The van der Waals surface area contributed by atoms with Crippen molar-refractivity contribution in [1.82, 2.24) is 67.4 Å². The number of carbonyl (C=O) groups excluding carboxylic acids is 10. The highest BCUT2D eigenvalue weighted by Gasteiger charge is 2.48. The van der Waals surface area contributed by atoms with E-state index in [1.807, 2.05) is 0 Å². The van der Waals surface area contributed by atoms with Crippen molar-refractivity contribution in [2.45, 2.75) is 138 Å². The highest BCUT2D eigenvalue weighted by Crippen LogP contribution is 2.32. The van der Waals surface area contributed by atoms with Crippen molar-refractivity contribution in [1.29, 1.82) is 0 Å². The smallest absolute Gasteiger partial charge is 0.305 e. The number of rotatable bonds is 34. The number of imidazole rings is 1. The summed E-state index contributed by atoms with van der Waals surface area (Å²) in [5.41, 5.74) is 12.3. The first-order valence-corrected chi connectivity index (χ1v) is 31.4. The number of phenols is 1. The number of hydrogen-bond donors (Lipinski definition) is 17. The average molecular weight is 1330 g/mol. The van der Waals surface area contributed by atoms with Gasteiger partial charge in [0.2, 0.25) is 59.1 Å². The highest BCUT2D eigenvalue weighted by atomic mass is 32.1. The fourth-order valence-corrected chi connectivity index (χ4v) is 11.5. The number of aliphatic carboxylic acids is 1. The van der Waals surface area contributed by atoms with Crippen molar-refractivity contribution in [3.8, 4) is 5.75 Å². The van der Waals surface area contributed by atoms with E-state index in [1.54, 1.807) is 0 Å². The van der Waals surface area contributed by atoms with Gasteiger partial charge in [-0.25, -0.2) is 13.8 Å². The van der Waals surface area contributed by atoms with Crippen molar-refractivity contribution in [3.63, 3.8) is 0 Å². The number of unbranched alkanes of at least 4 members (excludes halogenated alkanes) is 1. The van der Waals surface area contributed by atoms with Gasteiger partial charge in [-0.15, -0.1) is 0 Å². The number of likely N-dealkylation sites (tertiary alicyclic amines) is 1. The van der Waals surface area contributed by atoms with Crippen LogP contribution in [0.2, 0.25) is 0 Å². The van der Waals surface area contributed by atoms with E-state index in [2.05, 4.69) is 87.7 Å². The topological polar surface area (TPSA) is 440 Å². The van der Waals surface area contributed by atoms with Crippen LogP contribution < -0.4 is 54.0 Å². The monoisotopic (exact) mass is 1330 g/mol. The van der Waals surface area contributed by atoms with Crippen LogP contribution in [0, 0.1) is 5.82 Å². The number of aromatic nitrogens is 4. The van der Waals surface area contributed by atoms with Gasteiger partial charge in [0, 0.05) is 97.3 Å². The predicted octanol–water partition coefficient (Wildman–Crippen LogP) is -0.179. The maximum atomic E-state index is 15.0. The van der Waals surface area contributed by atoms with Gasteiger partial charge < -0.3 is 84.1 Å². The number of carbonyl (C=O) groups is 11. The van der Waals surface area contributed by atoms with E-state index in [0.29, 0.717) is 53.7 Å². The maximum absolute atomic E-state index is 15.0. The van der Waals surface area contributed by atoms with E-state index < -0.39 is 144 Å². The van der Waals surface area contributed by atoms with Gasteiger partial charge >= 0.3 is 5.97 Å². The van der Waals surface area contributed by atoms with Crippen molar-refractivity contribution >= 4 is 107 Å². The zero-order chi connectivity index (χ0) is 67.5. The molecule has 2 aromatic carbocycles. The number of carboxylic acids is 1. The van der Waals surface area contributed by atoms with Crippen LogP contribution in [0.4, 0.5) is 8.78 Å². The number of hydrogen-bond acceptors (Lipinski definition) is 16. The summed E-state index contributed by atoms with van der Waals surface area (Å²) in [6, 6.07) is -1.47. The molecule has 28 nitrogen and oxygen atoms in total. The van der Waals surface area contributed by atoms with Crippen LogP contribution in [0.5, 0.6) is 5.75 Å². The van der Waals surface area contributed by atoms with E-state index in [0.717, 1.165) is 6.07 Å². The van der Waals surface area contributed by atoms with Crippen LogP contribution >= 0.6 is 25.3 Å². The Morgan fingerprint density at radius 2 is 1.37 bits per heavy atom. The number of aryl methyl sites for hydroxylation is 1. The van der Waals surface area contributed by atoms with Gasteiger partial charge in [0.1, 0.15) is 65.2 Å². The molecule has 5 aromatic rings.